The Morgan fingerprint density at radius 1 is 1.13 bits per heavy atom. The number of carbonyl (C=O) groups excluding carboxylic acids is 3. The summed E-state index contributed by atoms with van der Waals surface area (Å²) in [4.78, 5) is 40.1. The minimum atomic E-state index is -1.00. The SMILES string of the molecule is C=Cc1cc(NC(=O)C(CCc2ccccc2)NC(=O)C(N)CC=O)cnc1C=C. The lowest BCUT2D eigenvalue weighted by Crippen LogP contribution is -2.50. The summed E-state index contributed by atoms with van der Waals surface area (Å²) < 4.78 is 0. The average molecular weight is 406 g/mol. The van der Waals surface area contributed by atoms with Gasteiger partial charge in [0.1, 0.15) is 12.3 Å². The van der Waals surface area contributed by atoms with E-state index in [0.717, 1.165) is 11.1 Å². The number of anilines is 1. The van der Waals surface area contributed by atoms with Gasteiger partial charge in [-0.3, -0.25) is 14.6 Å². The minimum absolute atomic E-state index is 0.117. The Bertz CT molecular complexity index is 912. The molecule has 7 nitrogen and oxygen atoms in total. The molecule has 4 N–H and O–H groups in total. The quantitative estimate of drug-likeness (QED) is 0.496. The lowest BCUT2D eigenvalue weighted by atomic mass is 10.0. The van der Waals surface area contributed by atoms with Crippen LogP contribution < -0.4 is 16.4 Å². The molecule has 7 heteroatoms. The molecule has 0 saturated carbocycles. The molecule has 0 spiro atoms. The maximum absolute atomic E-state index is 12.9. The van der Waals surface area contributed by atoms with E-state index in [1.165, 1.54) is 6.20 Å². The van der Waals surface area contributed by atoms with Crippen LogP contribution in [0.4, 0.5) is 5.69 Å². The molecule has 156 valence electrons. The van der Waals surface area contributed by atoms with E-state index in [4.69, 9.17) is 5.73 Å². The van der Waals surface area contributed by atoms with E-state index in [2.05, 4.69) is 28.8 Å². The Morgan fingerprint density at radius 2 is 1.87 bits per heavy atom. The molecule has 0 fully saturated rings. The highest BCUT2D eigenvalue weighted by molar-refractivity contribution is 5.98. The number of hydrogen-bond donors (Lipinski definition) is 3. The number of aromatic nitrogens is 1. The first-order chi connectivity index (χ1) is 14.5. The molecule has 0 bridgehead atoms. The Hall–Kier alpha value is -3.58. The molecule has 1 aromatic heterocycles. The second kappa shape index (κ2) is 11.4. The zero-order valence-electron chi connectivity index (χ0n) is 16.7. The largest absolute Gasteiger partial charge is 0.343 e. The number of rotatable bonds is 11. The Morgan fingerprint density at radius 3 is 2.50 bits per heavy atom. The summed E-state index contributed by atoms with van der Waals surface area (Å²) in [5.74, 6) is -0.956. The van der Waals surface area contributed by atoms with Gasteiger partial charge in [0.15, 0.2) is 0 Å². The fourth-order valence-corrected chi connectivity index (χ4v) is 2.84. The van der Waals surface area contributed by atoms with E-state index < -0.39 is 23.9 Å². The smallest absolute Gasteiger partial charge is 0.247 e. The van der Waals surface area contributed by atoms with E-state index >= 15 is 0 Å². The fraction of sp³-hybridized carbons (Fsp3) is 0.217. The van der Waals surface area contributed by atoms with Gasteiger partial charge in [0, 0.05) is 12.0 Å². The number of amides is 2. The zero-order valence-corrected chi connectivity index (χ0v) is 16.7. The molecule has 30 heavy (non-hydrogen) atoms. The normalized spacial score (nSPS) is 12.3. The van der Waals surface area contributed by atoms with Crippen molar-refractivity contribution in [2.75, 3.05) is 5.32 Å². The van der Waals surface area contributed by atoms with Gasteiger partial charge in [-0.2, -0.15) is 0 Å². The van der Waals surface area contributed by atoms with Gasteiger partial charge in [0.25, 0.3) is 0 Å². The summed E-state index contributed by atoms with van der Waals surface area (Å²) in [7, 11) is 0. The first kappa shape index (κ1) is 22.7. The van der Waals surface area contributed by atoms with Crippen molar-refractivity contribution in [1.29, 1.82) is 0 Å². The van der Waals surface area contributed by atoms with Crippen LogP contribution in [0.25, 0.3) is 12.2 Å². The molecule has 0 radical (unpaired) electrons. The highest BCUT2D eigenvalue weighted by Crippen LogP contribution is 2.16. The second-order valence-electron chi connectivity index (χ2n) is 6.69. The molecule has 2 atom stereocenters. The first-order valence-corrected chi connectivity index (χ1v) is 9.57. The molecule has 0 saturated heterocycles. The van der Waals surface area contributed by atoms with Gasteiger partial charge in [-0.25, -0.2) is 0 Å². The van der Waals surface area contributed by atoms with Crippen molar-refractivity contribution in [2.24, 2.45) is 5.73 Å². The molecule has 0 aliphatic heterocycles. The molecule has 2 amide bonds. The number of nitrogens with zero attached hydrogens (tertiary/aromatic N) is 1. The highest BCUT2D eigenvalue weighted by atomic mass is 16.2. The van der Waals surface area contributed by atoms with Crippen molar-refractivity contribution in [3.8, 4) is 0 Å². The fourth-order valence-electron chi connectivity index (χ4n) is 2.84. The van der Waals surface area contributed by atoms with Gasteiger partial charge in [0.05, 0.1) is 23.6 Å². The molecule has 0 aliphatic carbocycles. The third-order valence-electron chi connectivity index (χ3n) is 4.51. The van der Waals surface area contributed by atoms with Crippen LogP contribution in [0.1, 0.15) is 29.7 Å². The Labute approximate surface area is 176 Å². The number of aldehydes is 1. The van der Waals surface area contributed by atoms with Crippen molar-refractivity contribution < 1.29 is 14.4 Å². The lowest BCUT2D eigenvalue weighted by Gasteiger charge is -2.20. The zero-order chi connectivity index (χ0) is 21.9. The monoisotopic (exact) mass is 406 g/mol. The number of hydrogen-bond acceptors (Lipinski definition) is 5. The first-order valence-electron chi connectivity index (χ1n) is 9.57. The number of pyridine rings is 1. The number of carbonyl (C=O) groups is 3. The van der Waals surface area contributed by atoms with E-state index in [9.17, 15) is 14.4 Å². The van der Waals surface area contributed by atoms with E-state index in [1.807, 2.05) is 30.3 Å². The third kappa shape index (κ3) is 6.49. The van der Waals surface area contributed by atoms with Crippen LogP contribution in [0.2, 0.25) is 0 Å². The van der Waals surface area contributed by atoms with Crippen molar-refractivity contribution >= 4 is 35.9 Å². The molecular formula is C23H26N4O3. The van der Waals surface area contributed by atoms with Gasteiger partial charge < -0.3 is 21.2 Å². The summed E-state index contributed by atoms with van der Waals surface area (Å²) in [6, 6.07) is 9.51. The Balaban J connectivity index is 2.15. The number of nitrogens with two attached hydrogens (primary N) is 1. The number of aryl methyl sites for hydroxylation is 1. The van der Waals surface area contributed by atoms with Crippen molar-refractivity contribution in [3.63, 3.8) is 0 Å². The summed E-state index contributed by atoms with van der Waals surface area (Å²) in [5.41, 5.74) is 8.58. The third-order valence-corrected chi connectivity index (χ3v) is 4.51. The van der Waals surface area contributed by atoms with E-state index in [-0.39, 0.29) is 6.42 Å². The van der Waals surface area contributed by atoms with Crippen LogP contribution in [0.15, 0.2) is 55.8 Å². The lowest BCUT2D eigenvalue weighted by molar-refractivity contribution is -0.128. The standard InChI is InChI=1S/C23H26N4O3/c1-3-17-14-18(15-25-20(17)4-2)26-23(30)21(27-22(29)19(24)12-13-28)11-10-16-8-6-5-7-9-16/h3-9,13-15,19,21H,1-2,10-12,24H2,(H,26,30)(H,27,29). The van der Waals surface area contributed by atoms with Gasteiger partial charge >= 0.3 is 0 Å². The van der Waals surface area contributed by atoms with Crippen LogP contribution in [0, 0.1) is 0 Å². The summed E-state index contributed by atoms with van der Waals surface area (Å²) in [6.45, 7) is 7.43. The molecule has 1 aromatic carbocycles. The van der Waals surface area contributed by atoms with Crippen LogP contribution in [0.5, 0.6) is 0 Å². The molecule has 2 unspecified atom stereocenters. The van der Waals surface area contributed by atoms with Crippen molar-refractivity contribution in [3.05, 3.63) is 72.6 Å². The van der Waals surface area contributed by atoms with Gasteiger partial charge in [-0.1, -0.05) is 49.6 Å². The molecule has 2 aromatic rings. The second-order valence-corrected chi connectivity index (χ2v) is 6.69. The predicted molar refractivity (Wildman–Crippen MR) is 118 cm³/mol. The molecule has 0 aliphatic rings. The number of nitrogens with one attached hydrogen (secondary N) is 2. The van der Waals surface area contributed by atoms with Crippen LogP contribution >= 0.6 is 0 Å². The van der Waals surface area contributed by atoms with Gasteiger partial charge in [-0.15, -0.1) is 0 Å². The van der Waals surface area contributed by atoms with Gasteiger partial charge in [-0.05, 0) is 30.5 Å². The van der Waals surface area contributed by atoms with Crippen LogP contribution in [-0.2, 0) is 20.8 Å². The molecular weight excluding hydrogens is 380 g/mol. The Kier molecular flexibility index (Phi) is 8.65. The maximum atomic E-state index is 12.9. The summed E-state index contributed by atoms with van der Waals surface area (Å²) >= 11 is 0. The van der Waals surface area contributed by atoms with Crippen LogP contribution in [-0.4, -0.2) is 35.2 Å². The van der Waals surface area contributed by atoms with E-state index in [0.29, 0.717) is 30.5 Å². The minimum Gasteiger partial charge on any atom is -0.343 e. The average Bonchev–Trinajstić information content (AvgIpc) is 2.77. The molecule has 1 heterocycles. The van der Waals surface area contributed by atoms with Crippen molar-refractivity contribution in [2.45, 2.75) is 31.3 Å². The predicted octanol–water partition coefficient (Wildman–Crippen LogP) is 2.34. The van der Waals surface area contributed by atoms with Crippen molar-refractivity contribution in [1.82, 2.24) is 10.3 Å². The molecule has 2 rings (SSSR count). The maximum Gasteiger partial charge on any atom is 0.247 e. The van der Waals surface area contributed by atoms with Crippen LogP contribution in [0.3, 0.4) is 0 Å². The summed E-state index contributed by atoms with van der Waals surface area (Å²) in [6.07, 6.45) is 6.12. The highest BCUT2D eigenvalue weighted by Gasteiger charge is 2.24. The number of benzene rings is 1. The topological polar surface area (TPSA) is 114 Å². The van der Waals surface area contributed by atoms with Gasteiger partial charge in [0.2, 0.25) is 11.8 Å². The summed E-state index contributed by atoms with van der Waals surface area (Å²) in [5, 5.41) is 5.42. The van der Waals surface area contributed by atoms with E-state index in [1.54, 1.807) is 18.2 Å².